The first kappa shape index (κ1) is 13.0. The van der Waals surface area contributed by atoms with Crippen molar-refractivity contribution in [1.82, 2.24) is 4.57 Å². The van der Waals surface area contributed by atoms with E-state index in [1.807, 2.05) is 19.9 Å². The van der Waals surface area contributed by atoms with Crippen LogP contribution in [-0.2, 0) is 5.54 Å². The average Bonchev–Trinajstić information content (AvgIpc) is 2.35. The van der Waals surface area contributed by atoms with Gasteiger partial charge >= 0.3 is 11.4 Å². The maximum Gasteiger partial charge on any atom is 0.422 e. The van der Waals surface area contributed by atoms with Crippen LogP contribution in [0.4, 0.5) is 0 Å². The van der Waals surface area contributed by atoms with Crippen LogP contribution in [0.15, 0.2) is 26.1 Å². The smallest absolute Gasteiger partial charge is 0.422 e. The summed E-state index contributed by atoms with van der Waals surface area (Å²) in [5.41, 5.74) is 0.652. The van der Waals surface area contributed by atoms with Crippen LogP contribution >= 0.6 is 0 Å². The molecule has 0 radical (unpaired) electrons. The number of aromatic nitrogens is 1. The van der Waals surface area contributed by atoms with Gasteiger partial charge in [0, 0.05) is 5.54 Å². The fourth-order valence-electron chi connectivity index (χ4n) is 3.30. The number of benzene rings is 1. The molecule has 1 aliphatic heterocycles. The van der Waals surface area contributed by atoms with E-state index in [4.69, 9.17) is 9.15 Å². The van der Waals surface area contributed by atoms with Gasteiger partial charge in [-0.15, -0.1) is 0 Å². The molecule has 5 nitrogen and oxygen atoms in total. The molecule has 20 heavy (non-hydrogen) atoms. The maximum absolute atomic E-state index is 12.1. The summed E-state index contributed by atoms with van der Waals surface area (Å²) >= 11 is 0. The highest BCUT2D eigenvalue weighted by Gasteiger charge is 2.34. The van der Waals surface area contributed by atoms with E-state index >= 15 is 0 Å². The van der Waals surface area contributed by atoms with Gasteiger partial charge in [0.15, 0.2) is 0 Å². The van der Waals surface area contributed by atoms with E-state index in [0.717, 1.165) is 12.0 Å². The van der Waals surface area contributed by atoms with Crippen LogP contribution in [0.2, 0.25) is 0 Å². The Hall–Kier alpha value is -2.04. The van der Waals surface area contributed by atoms with E-state index in [0.29, 0.717) is 16.7 Å². The molecule has 106 valence electrons. The van der Waals surface area contributed by atoms with Crippen molar-refractivity contribution in [2.75, 3.05) is 7.11 Å². The third-order valence-corrected chi connectivity index (χ3v) is 4.10. The lowest BCUT2D eigenvalue weighted by atomic mass is 9.82. The van der Waals surface area contributed by atoms with Gasteiger partial charge < -0.3 is 9.15 Å². The fraction of sp³-hybridized carbons (Fsp3) is 0.467. The summed E-state index contributed by atoms with van der Waals surface area (Å²) in [5.74, 6) is 0.256. The first-order valence-electron chi connectivity index (χ1n) is 6.63. The highest BCUT2D eigenvalue weighted by atomic mass is 16.5. The van der Waals surface area contributed by atoms with Gasteiger partial charge in [0.2, 0.25) is 0 Å². The third kappa shape index (κ3) is 1.62. The molecule has 0 spiro atoms. The van der Waals surface area contributed by atoms with Gasteiger partial charge in [0.1, 0.15) is 5.75 Å². The molecule has 2 aromatic rings. The third-order valence-electron chi connectivity index (χ3n) is 4.10. The molecule has 2 heterocycles. The molecule has 1 aliphatic rings. The molecule has 1 aromatic carbocycles. The Kier molecular flexibility index (Phi) is 2.58. The first-order chi connectivity index (χ1) is 9.35. The van der Waals surface area contributed by atoms with Crippen LogP contribution in [-0.4, -0.2) is 11.7 Å². The highest BCUT2D eigenvalue weighted by molar-refractivity contribution is 5.84. The summed E-state index contributed by atoms with van der Waals surface area (Å²) < 4.78 is 11.7. The van der Waals surface area contributed by atoms with Gasteiger partial charge in [-0.2, -0.15) is 0 Å². The molecule has 1 atom stereocenters. The second kappa shape index (κ2) is 3.98. The van der Waals surface area contributed by atoms with Crippen molar-refractivity contribution in [2.24, 2.45) is 0 Å². The van der Waals surface area contributed by atoms with Crippen molar-refractivity contribution >= 4 is 10.9 Å². The molecule has 0 fully saturated rings. The standard InChI is InChI=1S/C15H17NO4/c1-8-7-15(2,3)16-12-10(8)5-9(19-4)6-11(12)13(17)20-14(16)18/h5-6,8H,7H2,1-4H3/t8-/m0/s1. The predicted octanol–water partition coefficient (Wildman–Crippen LogP) is 2.21. The number of ether oxygens (including phenoxy) is 1. The second-order valence-electron chi connectivity index (χ2n) is 6.02. The minimum atomic E-state index is -0.605. The lowest BCUT2D eigenvalue weighted by Gasteiger charge is -2.36. The van der Waals surface area contributed by atoms with Crippen molar-refractivity contribution in [3.8, 4) is 5.75 Å². The van der Waals surface area contributed by atoms with E-state index in [2.05, 4.69) is 6.92 Å². The average molecular weight is 275 g/mol. The molecule has 0 saturated carbocycles. The Morgan fingerprint density at radius 2 is 2.05 bits per heavy atom. The normalized spacial score (nSPS) is 20.1. The van der Waals surface area contributed by atoms with Gasteiger partial charge in [-0.3, -0.25) is 4.57 Å². The highest BCUT2D eigenvalue weighted by Crippen LogP contribution is 2.40. The lowest BCUT2D eigenvalue weighted by molar-refractivity contribution is 0.255. The zero-order chi connectivity index (χ0) is 14.7. The SMILES string of the molecule is COc1cc2c3c(c1)c(=O)oc(=O)n3C(C)(C)C[C@@H]2C. The number of nitrogens with zero attached hydrogens (tertiary/aromatic N) is 1. The minimum Gasteiger partial charge on any atom is -0.497 e. The molecular weight excluding hydrogens is 258 g/mol. The lowest BCUT2D eigenvalue weighted by Crippen LogP contribution is -2.42. The minimum absolute atomic E-state index is 0.240. The zero-order valence-corrected chi connectivity index (χ0v) is 12.0. The molecule has 1 aromatic heterocycles. The van der Waals surface area contributed by atoms with E-state index < -0.39 is 11.4 Å². The van der Waals surface area contributed by atoms with E-state index in [9.17, 15) is 9.59 Å². The Balaban J connectivity index is 2.60. The first-order valence-corrected chi connectivity index (χ1v) is 6.63. The predicted molar refractivity (Wildman–Crippen MR) is 75.7 cm³/mol. The van der Waals surface area contributed by atoms with Gasteiger partial charge in [0.25, 0.3) is 0 Å². The van der Waals surface area contributed by atoms with Crippen molar-refractivity contribution in [3.63, 3.8) is 0 Å². The van der Waals surface area contributed by atoms with E-state index in [1.54, 1.807) is 17.7 Å². The van der Waals surface area contributed by atoms with Gasteiger partial charge in [0.05, 0.1) is 18.0 Å². The number of hydrogen-bond donors (Lipinski definition) is 0. The van der Waals surface area contributed by atoms with Crippen LogP contribution in [0.25, 0.3) is 10.9 Å². The molecule has 0 bridgehead atoms. The summed E-state index contributed by atoms with van der Waals surface area (Å²) in [6.45, 7) is 6.06. The summed E-state index contributed by atoms with van der Waals surface area (Å²) in [5, 5.41) is 0.401. The number of methoxy groups -OCH3 is 1. The van der Waals surface area contributed by atoms with E-state index in [-0.39, 0.29) is 11.5 Å². The van der Waals surface area contributed by atoms with Crippen molar-refractivity contribution in [3.05, 3.63) is 38.7 Å². The van der Waals surface area contributed by atoms with Crippen molar-refractivity contribution in [2.45, 2.75) is 38.6 Å². The topological polar surface area (TPSA) is 61.4 Å². The second-order valence-corrected chi connectivity index (χ2v) is 6.02. The zero-order valence-electron chi connectivity index (χ0n) is 12.0. The van der Waals surface area contributed by atoms with Gasteiger partial charge in [-0.25, -0.2) is 9.59 Å². The molecular formula is C15H17NO4. The quantitative estimate of drug-likeness (QED) is 0.800. The van der Waals surface area contributed by atoms with Crippen LogP contribution in [0, 0.1) is 0 Å². The molecule has 0 aliphatic carbocycles. The summed E-state index contributed by atoms with van der Waals surface area (Å²) in [7, 11) is 1.56. The number of rotatable bonds is 1. The summed E-state index contributed by atoms with van der Waals surface area (Å²) in [6.07, 6.45) is 0.801. The molecule has 3 rings (SSSR count). The number of hydrogen-bond acceptors (Lipinski definition) is 4. The van der Waals surface area contributed by atoms with Crippen LogP contribution in [0.1, 0.15) is 38.7 Å². The van der Waals surface area contributed by atoms with Gasteiger partial charge in [-0.1, -0.05) is 6.92 Å². The Labute approximate surface area is 115 Å². The fourth-order valence-corrected chi connectivity index (χ4v) is 3.30. The molecule has 0 amide bonds. The van der Waals surface area contributed by atoms with E-state index in [1.165, 1.54) is 0 Å². The molecule has 0 saturated heterocycles. The molecule has 0 unspecified atom stereocenters. The molecule has 5 heteroatoms. The van der Waals surface area contributed by atoms with Gasteiger partial charge in [-0.05, 0) is 43.9 Å². The van der Waals surface area contributed by atoms with Crippen molar-refractivity contribution in [1.29, 1.82) is 0 Å². The van der Waals surface area contributed by atoms with Crippen LogP contribution in [0.3, 0.4) is 0 Å². The Morgan fingerprint density at radius 1 is 1.35 bits per heavy atom. The van der Waals surface area contributed by atoms with Crippen LogP contribution < -0.4 is 16.1 Å². The largest absolute Gasteiger partial charge is 0.497 e. The monoisotopic (exact) mass is 275 g/mol. The summed E-state index contributed by atoms with van der Waals surface area (Å²) in [6, 6.07) is 3.53. The summed E-state index contributed by atoms with van der Waals surface area (Å²) in [4.78, 5) is 24.1. The molecule has 0 N–H and O–H groups in total. The maximum atomic E-state index is 12.1. The Bertz CT molecular complexity index is 813. The Morgan fingerprint density at radius 3 is 2.70 bits per heavy atom. The van der Waals surface area contributed by atoms with Crippen LogP contribution in [0.5, 0.6) is 5.75 Å². The van der Waals surface area contributed by atoms with Crippen molar-refractivity contribution < 1.29 is 9.15 Å².